The molecule has 1 aliphatic heterocycles. The van der Waals surface area contributed by atoms with Gasteiger partial charge in [0.15, 0.2) is 11.5 Å². The maximum atomic E-state index is 13.2. The number of hydrogen-bond acceptors (Lipinski definition) is 5. The maximum absolute atomic E-state index is 13.2. The number of alkyl halides is 3. The molecule has 0 radical (unpaired) electrons. The molecule has 2 N–H and O–H groups in total. The molecule has 0 saturated carbocycles. The molecule has 0 spiro atoms. The third-order valence-electron chi connectivity index (χ3n) is 3.84. The first-order valence-corrected chi connectivity index (χ1v) is 9.44. The molecule has 0 fully saturated rings. The number of rotatable bonds is 4. The van der Waals surface area contributed by atoms with Crippen LogP contribution in [0.15, 0.2) is 41.3 Å². The van der Waals surface area contributed by atoms with Crippen LogP contribution in [0.4, 0.5) is 18.9 Å². The fraction of sp³-hybridized carbons (Fsp3) is 0.235. The van der Waals surface area contributed by atoms with E-state index in [0.717, 1.165) is 30.3 Å². The van der Waals surface area contributed by atoms with E-state index in [1.54, 1.807) is 0 Å². The number of carboxylic acid groups (broad SMARTS) is 1. The van der Waals surface area contributed by atoms with Gasteiger partial charge in [-0.3, -0.25) is 4.72 Å². The van der Waals surface area contributed by atoms with Gasteiger partial charge in [0.25, 0.3) is 10.0 Å². The van der Waals surface area contributed by atoms with Crippen molar-refractivity contribution < 1.29 is 41.0 Å². The van der Waals surface area contributed by atoms with Crippen LogP contribution in [0.25, 0.3) is 0 Å². The summed E-state index contributed by atoms with van der Waals surface area (Å²) in [5, 5.41) is 9.38. The summed E-state index contributed by atoms with van der Waals surface area (Å²) in [4.78, 5) is 10.5. The van der Waals surface area contributed by atoms with Crippen LogP contribution in [0.2, 0.25) is 0 Å². The van der Waals surface area contributed by atoms with E-state index in [0.29, 0.717) is 12.5 Å². The highest BCUT2D eigenvalue weighted by molar-refractivity contribution is 7.92. The second-order valence-corrected chi connectivity index (χ2v) is 7.45. The summed E-state index contributed by atoms with van der Waals surface area (Å²) < 4.78 is 77.4. The molecule has 0 atom stereocenters. The van der Waals surface area contributed by atoms with Crippen molar-refractivity contribution in [3.8, 4) is 11.5 Å². The van der Waals surface area contributed by atoms with Gasteiger partial charge in [0.05, 0.1) is 34.9 Å². The van der Waals surface area contributed by atoms with Gasteiger partial charge in [0, 0.05) is 18.6 Å². The maximum Gasteiger partial charge on any atom is 0.417 e. The Kier molecular flexibility index (Phi) is 5.11. The number of ether oxygens (including phenoxy) is 2. The third kappa shape index (κ3) is 3.98. The summed E-state index contributed by atoms with van der Waals surface area (Å²) in [5.41, 5.74) is -2.29. The minimum absolute atomic E-state index is 0.0873. The molecular formula is C17H14F3NO6S. The number of sulfonamides is 1. The third-order valence-corrected chi connectivity index (χ3v) is 5.27. The molecular weight excluding hydrogens is 403 g/mol. The molecule has 1 aliphatic rings. The van der Waals surface area contributed by atoms with E-state index >= 15 is 0 Å². The molecule has 28 heavy (non-hydrogen) atoms. The molecule has 0 saturated heterocycles. The van der Waals surface area contributed by atoms with Crippen molar-refractivity contribution in [2.75, 3.05) is 17.9 Å². The van der Waals surface area contributed by atoms with E-state index in [2.05, 4.69) is 0 Å². The standard InChI is InChI=1S/C17H14F3NO6S/c18-17(19,20)11-4-1-2-5-15(11)28(24,25)21-12-9-14-13(8-10(12)16(22)23)26-6-3-7-27-14/h1-2,4-5,8-9,21H,3,6-7H2,(H,22,23). The highest BCUT2D eigenvalue weighted by Gasteiger charge is 2.37. The van der Waals surface area contributed by atoms with Crippen molar-refractivity contribution in [2.24, 2.45) is 0 Å². The molecule has 2 aromatic rings. The highest BCUT2D eigenvalue weighted by Crippen LogP contribution is 2.38. The Bertz CT molecular complexity index is 1020. The zero-order valence-electron chi connectivity index (χ0n) is 14.1. The first-order valence-electron chi connectivity index (χ1n) is 7.95. The lowest BCUT2D eigenvalue weighted by Crippen LogP contribution is -2.20. The van der Waals surface area contributed by atoms with Crippen LogP contribution in [-0.4, -0.2) is 32.7 Å². The van der Waals surface area contributed by atoms with Crippen LogP contribution < -0.4 is 14.2 Å². The van der Waals surface area contributed by atoms with Crippen molar-refractivity contribution in [3.63, 3.8) is 0 Å². The second-order valence-electron chi connectivity index (χ2n) is 5.80. The zero-order chi connectivity index (χ0) is 20.5. The topological polar surface area (TPSA) is 102 Å². The number of carbonyl (C=O) groups is 1. The van der Waals surface area contributed by atoms with E-state index < -0.39 is 43.9 Å². The Balaban J connectivity index is 2.08. The van der Waals surface area contributed by atoms with Gasteiger partial charge in [0.2, 0.25) is 0 Å². The number of carboxylic acids is 1. The van der Waals surface area contributed by atoms with Crippen LogP contribution in [0.1, 0.15) is 22.3 Å². The van der Waals surface area contributed by atoms with E-state index in [1.165, 1.54) is 0 Å². The largest absolute Gasteiger partial charge is 0.490 e. The highest BCUT2D eigenvalue weighted by atomic mass is 32.2. The monoisotopic (exact) mass is 417 g/mol. The Morgan fingerprint density at radius 1 is 1.07 bits per heavy atom. The summed E-state index contributed by atoms with van der Waals surface area (Å²) in [6, 6.07) is 5.75. The number of fused-ring (bicyclic) bond motifs is 1. The SMILES string of the molecule is O=C(O)c1cc2c(cc1NS(=O)(=O)c1ccccc1C(F)(F)F)OCCCO2. The Morgan fingerprint density at radius 3 is 2.29 bits per heavy atom. The van der Waals surface area contributed by atoms with Crippen molar-refractivity contribution in [1.82, 2.24) is 0 Å². The van der Waals surface area contributed by atoms with Gasteiger partial charge in [-0.2, -0.15) is 13.2 Å². The smallest absolute Gasteiger partial charge is 0.417 e. The molecule has 2 aromatic carbocycles. The number of benzene rings is 2. The first-order chi connectivity index (χ1) is 13.1. The fourth-order valence-corrected chi connectivity index (χ4v) is 3.90. The Morgan fingerprint density at radius 2 is 1.68 bits per heavy atom. The second kappa shape index (κ2) is 7.23. The van der Waals surface area contributed by atoms with Crippen molar-refractivity contribution in [3.05, 3.63) is 47.5 Å². The summed E-state index contributed by atoms with van der Waals surface area (Å²) >= 11 is 0. The predicted octanol–water partition coefficient (Wildman–Crippen LogP) is 3.37. The summed E-state index contributed by atoms with van der Waals surface area (Å²) in [7, 11) is -4.75. The quantitative estimate of drug-likeness (QED) is 0.791. The van der Waals surface area contributed by atoms with Gasteiger partial charge >= 0.3 is 12.1 Å². The van der Waals surface area contributed by atoms with Crippen LogP contribution in [-0.2, 0) is 16.2 Å². The van der Waals surface area contributed by atoms with Crippen molar-refractivity contribution >= 4 is 21.7 Å². The zero-order valence-corrected chi connectivity index (χ0v) is 14.9. The molecule has 0 unspecified atom stereocenters. The lowest BCUT2D eigenvalue weighted by molar-refractivity contribution is -0.139. The van der Waals surface area contributed by atoms with Crippen molar-refractivity contribution in [1.29, 1.82) is 0 Å². The molecule has 1 heterocycles. The van der Waals surface area contributed by atoms with Crippen LogP contribution in [0.5, 0.6) is 11.5 Å². The van der Waals surface area contributed by atoms with E-state index in [4.69, 9.17) is 9.47 Å². The molecule has 7 nitrogen and oxygen atoms in total. The number of hydrogen-bond donors (Lipinski definition) is 2. The average molecular weight is 417 g/mol. The van der Waals surface area contributed by atoms with Gasteiger partial charge in [-0.1, -0.05) is 12.1 Å². The van der Waals surface area contributed by atoms with Gasteiger partial charge in [0.1, 0.15) is 0 Å². The predicted molar refractivity (Wildman–Crippen MR) is 91.3 cm³/mol. The number of nitrogens with one attached hydrogen (secondary N) is 1. The average Bonchev–Trinajstić information content (AvgIpc) is 2.84. The number of halogens is 3. The fourth-order valence-electron chi connectivity index (χ4n) is 2.61. The molecule has 0 aromatic heterocycles. The molecule has 11 heteroatoms. The minimum atomic E-state index is -4.91. The van der Waals surface area contributed by atoms with E-state index in [9.17, 15) is 31.5 Å². The Hall–Kier alpha value is -2.95. The number of anilines is 1. The van der Waals surface area contributed by atoms with Gasteiger partial charge in [-0.05, 0) is 12.1 Å². The molecule has 0 aliphatic carbocycles. The van der Waals surface area contributed by atoms with Crippen LogP contribution >= 0.6 is 0 Å². The lowest BCUT2D eigenvalue weighted by Gasteiger charge is -2.17. The molecule has 0 amide bonds. The lowest BCUT2D eigenvalue weighted by atomic mass is 10.1. The summed E-state index contributed by atoms with van der Waals surface area (Å²) in [6.45, 7) is 0.526. The van der Waals surface area contributed by atoms with E-state index in [1.807, 2.05) is 4.72 Å². The molecule has 150 valence electrons. The van der Waals surface area contributed by atoms with Gasteiger partial charge in [-0.15, -0.1) is 0 Å². The minimum Gasteiger partial charge on any atom is -0.490 e. The normalized spacial score (nSPS) is 14.2. The van der Waals surface area contributed by atoms with Crippen molar-refractivity contribution in [2.45, 2.75) is 17.5 Å². The molecule has 3 rings (SSSR count). The first kappa shape index (κ1) is 19.8. The van der Waals surface area contributed by atoms with Crippen LogP contribution in [0.3, 0.4) is 0 Å². The van der Waals surface area contributed by atoms with E-state index in [-0.39, 0.29) is 24.7 Å². The van der Waals surface area contributed by atoms with Gasteiger partial charge < -0.3 is 14.6 Å². The summed E-state index contributed by atoms with van der Waals surface area (Å²) in [6.07, 6.45) is -4.39. The number of aromatic carboxylic acids is 1. The molecule has 0 bridgehead atoms. The Labute approximate surface area is 157 Å². The van der Waals surface area contributed by atoms with Crippen LogP contribution in [0, 0.1) is 0 Å². The summed E-state index contributed by atoms with van der Waals surface area (Å²) in [5.74, 6) is -1.30. The van der Waals surface area contributed by atoms with Gasteiger partial charge in [-0.25, -0.2) is 13.2 Å².